The Morgan fingerprint density at radius 2 is 1.71 bits per heavy atom. The van der Waals surface area contributed by atoms with E-state index in [1.807, 2.05) is 6.92 Å². The van der Waals surface area contributed by atoms with Gasteiger partial charge in [0.25, 0.3) is 0 Å². The van der Waals surface area contributed by atoms with Crippen LogP contribution in [0, 0.1) is 0 Å². The van der Waals surface area contributed by atoms with Gasteiger partial charge in [0, 0.05) is 19.6 Å². The summed E-state index contributed by atoms with van der Waals surface area (Å²) in [5, 5.41) is 0. The van der Waals surface area contributed by atoms with Crippen LogP contribution < -0.4 is 10.2 Å². The summed E-state index contributed by atoms with van der Waals surface area (Å²) in [5.41, 5.74) is -0.605. The lowest BCUT2D eigenvalue weighted by Gasteiger charge is -2.15. The summed E-state index contributed by atoms with van der Waals surface area (Å²) in [5.74, 6) is 0.449. The van der Waals surface area contributed by atoms with Crippen molar-refractivity contribution >= 4 is 12.4 Å². The predicted octanol–water partition coefficient (Wildman–Crippen LogP) is 2.55. The first kappa shape index (κ1) is 13.9. The second-order valence-electron chi connectivity index (χ2n) is 3.54. The number of ether oxygens (including phenoxy) is 2. The topological polar surface area (TPSA) is 18.5 Å². The molecule has 0 saturated carbocycles. The molecule has 0 amide bonds. The molecule has 0 unspecified atom stereocenters. The maximum atomic E-state index is 12.3. The maximum Gasteiger partial charge on any atom is 0.509 e. The van der Waals surface area contributed by atoms with Crippen molar-refractivity contribution in [1.29, 1.82) is 0 Å². The average Bonchev–Trinajstić information content (AvgIpc) is 2.28. The third kappa shape index (κ3) is 5.13. The largest absolute Gasteiger partial charge is 0.509 e. The van der Waals surface area contributed by atoms with Gasteiger partial charge in [-0.05, 0) is 19.1 Å². The second kappa shape index (κ2) is 6.54. The molecule has 1 aromatic carbocycles. The zero-order valence-electron chi connectivity index (χ0n) is 9.67. The Morgan fingerprint density at radius 3 is 2.24 bits per heavy atom. The van der Waals surface area contributed by atoms with Gasteiger partial charge in [-0.15, -0.1) is 5.46 Å². The van der Waals surface area contributed by atoms with Crippen molar-refractivity contribution < 1.29 is 22.4 Å². The van der Waals surface area contributed by atoms with E-state index >= 15 is 0 Å². The summed E-state index contributed by atoms with van der Waals surface area (Å²) < 4.78 is 47.3. The zero-order valence-corrected chi connectivity index (χ0v) is 9.67. The van der Waals surface area contributed by atoms with E-state index < -0.39 is 12.4 Å². The standard InChI is InChI=1S/C11H15BF3O2/c1-2-16-8-3-9-17-11-6-4-10(5-7-11)12(13,14)15/h4-7H,2-3,8-9H2,1H3/q-1. The molecular formula is C11H15BF3O2-. The molecule has 2 nitrogen and oxygen atoms in total. The van der Waals surface area contributed by atoms with Crippen molar-refractivity contribution in [3.05, 3.63) is 24.3 Å². The molecule has 17 heavy (non-hydrogen) atoms. The van der Waals surface area contributed by atoms with Gasteiger partial charge in [0.15, 0.2) is 0 Å². The third-order valence-corrected chi connectivity index (χ3v) is 2.16. The zero-order chi connectivity index (χ0) is 12.7. The molecule has 0 atom stereocenters. The highest BCUT2D eigenvalue weighted by Crippen LogP contribution is 2.13. The van der Waals surface area contributed by atoms with Crippen molar-refractivity contribution in [2.24, 2.45) is 0 Å². The lowest BCUT2D eigenvalue weighted by molar-refractivity contribution is 0.131. The fourth-order valence-corrected chi connectivity index (χ4v) is 1.28. The van der Waals surface area contributed by atoms with E-state index in [9.17, 15) is 12.9 Å². The summed E-state index contributed by atoms with van der Waals surface area (Å²) in [7, 11) is 0. The van der Waals surface area contributed by atoms with Crippen LogP contribution in [0.25, 0.3) is 0 Å². The van der Waals surface area contributed by atoms with Gasteiger partial charge in [0.2, 0.25) is 0 Å². The Hall–Kier alpha value is -1.17. The number of hydrogen-bond donors (Lipinski definition) is 0. The van der Waals surface area contributed by atoms with Crippen LogP contribution >= 0.6 is 0 Å². The van der Waals surface area contributed by atoms with Crippen LogP contribution in [0.15, 0.2) is 24.3 Å². The van der Waals surface area contributed by atoms with E-state index in [2.05, 4.69) is 0 Å². The highest BCUT2D eigenvalue weighted by atomic mass is 19.4. The molecule has 0 radical (unpaired) electrons. The van der Waals surface area contributed by atoms with Crippen LogP contribution in [0.5, 0.6) is 5.75 Å². The molecular weight excluding hydrogens is 232 g/mol. The molecule has 0 aromatic heterocycles. The molecule has 0 aliphatic heterocycles. The Labute approximate surface area is 98.8 Å². The van der Waals surface area contributed by atoms with Gasteiger partial charge >= 0.3 is 6.98 Å². The molecule has 0 N–H and O–H groups in total. The first-order valence-electron chi connectivity index (χ1n) is 5.54. The highest BCUT2D eigenvalue weighted by molar-refractivity contribution is 6.73. The molecule has 0 bridgehead atoms. The first-order valence-corrected chi connectivity index (χ1v) is 5.54. The Bertz CT molecular complexity index is 324. The summed E-state index contributed by atoms with van der Waals surface area (Å²) in [4.78, 5) is 0. The molecule has 0 fully saturated rings. The van der Waals surface area contributed by atoms with E-state index in [0.29, 0.717) is 25.6 Å². The van der Waals surface area contributed by atoms with Gasteiger partial charge in [-0.2, -0.15) is 0 Å². The van der Waals surface area contributed by atoms with E-state index in [0.717, 1.165) is 18.6 Å². The molecule has 0 aliphatic rings. The van der Waals surface area contributed by atoms with Crippen molar-refractivity contribution in [3.8, 4) is 5.75 Å². The molecule has 0 saturated heterocycles. The van der Waals surface area contributed by atoms with Crippen molar-refractivity contribution in [1.82, 2.24) is 0 Å². The minimum atomic E-state index is -4.92. The number of rotatable bonds is 7. The van der Waals surface area contributed by atoms with Gasteiger partial charge in [0.1, 0.15) is 5.75 Å². The quantitative estimate of drug-likeness (QED) is 0.544. The van der Waals surface area contributed by atoms with Gasteiger partial charge in [-0.3, -0.25) is 0 Å². The smallest absolute Gasteiger partial charge is 0.494 e. The molecule has 96 valence electrons. The van der Waals surface area contributed by atoms with E-state index in [1.54, 1.807) is 0 Å². The molecule has 1 rings (SSSR count). The second-order valence-corrected chi connectivity index (χ2v) is 3.54. The monoisotopic (exact) mass is 247 g/mol. The molecule has 0 spiro atoms. The van der Waals surface area contributed by atoms with Crippen LogP contribution in [-0.2, 0) is 4.74 Å². The van der Waals surface area contributed by atoms with Crippen LogP contribution in [0.3, 0.4) is 0 Å². The predicted molar refractivity (Wildman–Crippen MR) is 61.8 cm³/mol. The van der Waals surface area contributed by atoms with Crippen LogP contribution in [0.1, 0.15) is 13.3 Å². The van der Waals surface area contributed by atoms with Gasteiger partial charge in [-0.25, -0.2) is 0 Å². The van der Waals surface area contributed by atoms with Crippen molar-refractivity contribution in [2.75, 3.05) is 19.8 Å². The summed E-state index contributed by atoms with van der Waals surface area (Å²) in [6.07, 6.45) is 0.721. The Balaban J connectivity index is 2.36. The molecule has 0 aliphatic carbocycles. The SMILES string of the molecule is CCOCCCOc1ccc([B-](F)(F)F)cc1. The number of halogens is 3. The Morgan fingerprint density at radius 1 is 1.06 bits per heavy atom. The van der Waals surface area contributed by atoms with Gasteiger partial charge < -0.3 is 22.4 Å². The minimum Gasteiger partial charge on any atom is -0.494 e. The van der Waals surface area contributed by atoms with Crippen LogP contribution in [-0.4, -0.2) is 26.8 Å². The fourth-order valence-electron chi connectivity index (χ4n) is 1.28. The van der Waals surface area contributed by atoms with Crippen molar-refractivity contribution in [3.63, 3.8) is 0 Å². The maximum absolute atomic E-state index is 12.3. The lowest BCUT2D eigenvalue weighted by atomic mass is 9.80. The summed E-state index contributed by atoms with van der Waals surface area (Å²) in [6, 6.07) is 4.76. The van der Waals surface area contributed by atoms with Crippen LogP contribution in [0.4, 0.5) is 12.9 Å². The van der Waals surface area contributed by atoms with Crippen LogP contribution in [0.2, 0.25) is 0 Å². The van der Waals surface area contributed by atoms with Gasteiger partial charge in [-0.1, -0.05) is 12.1 Å². The van der Waals surface area contributed by atoms with E-state index in [4.69, 9.17) is 9.47 Å². The fraction of sp³-hybridized carbons (Fsp3) is 0.455. The normalized spacial score (nSPS) is 11.5. The van der Waals surface area contributed by atoms with Gasteiger partial charge in [0.05, 0.1) is 6.61 Å². The summed E-state index contributed by atoms with van der Waals surface area (Å²) >= 11 is 0. The van der Waals surface area contributed by atoms with E-state index in [-0.39, 0.29) is 0 Å². The Kier molecular flexibility index (Phi) is 5.35. The first-order chi connectivity index (χ1) is 8.04. The van der Waals surface area contributed by atoms with E-state index in [1.165, 1.54) is 12.1 Å². The highest BCUT2D eigenvalue weighted by Gasteiger charge is 2.24. The molecule has 6 heteroatoms. The third-order valence-electron chi connectivity index (χ3n) is 2.16. The molecule has 1 aromatic rings. The number of benzene rings is 1. The number of hydrogen-bond acceptors (Lipinski definition) is 2. The lowest BCUT2D eigenvalue weighted by Crippen LogP contribution is -2.33. The average molecular weight is 247 g/mol. The minimum absolute atomic E-state index is 0.441. The summed E-state index contributed by atoms with van der Waals surface area (Å²) in [6.45, 7) is -1.33. The molecule has 0 heterocycles. The van der Waals surface area contributed by atoms with Crippen molar-refractivity contribution in [2.45, 2.75) is 13.3 Å².